The first-order chi connectivity index (χ1) is 5.68. The minimum atomic E-state index is -0.610. The van der Waals surface area contributed by atoms with Gasteiger partial charge in [-0.25, -0.2) is 0 Å². The molecular formula is C7H13NO3S. The fourth-order valence-electron chi connectivity index (χ4n) is 0.480. The van der Waals surface area contributed by atoms with Crippen LogP contribution in [0, 0.1) is 0 Å². The maximum Gasteiger partial charge on any atom is 0.288 e. The lowest BCUT2D eigenvalue weighted by Crippen LogP contribution is -2.31. The van der Waals surface area contributed by atoms with Gasteiger partial charge >= 0.3 is 0 Å². The number of carbonyl (C=O) groups is 2. The van der Waals surface area contributed by atoms with Gasteiger partial charge in [0.25, 0.3) is 5.91 Å². The number of thiol groups is 1. The number of carbonyl (C=O) groups excluding carboxylic acids is 2. The molecule has 4 nitrogen and oxygen atoms in total. The third-order valence-corrected chi connectivity index (χ3v) is 1.42. The van der Waals surface area contributed by atoms with Gasteiger partial charge in [0.05, 0.1) is 0 Å². The highest BCUT2D eigenvalue weighted by molar-refractivity contribution is 7.80. The Kier molecular flexibility index (Phi) is 6.79. The zero-order chi connectivity index (χ0) is 9.40. The van der Waals surface area contributed by atoms with E-state index in [0.717, 1.165) is 12.2 Å². The van der Waals surface area contributed by atoms with Gasteiger partial charge in [0.15, 0.2) is 0 Å². The topological polar surface area (TPSA) is 55.4 Å². The van der Waals surface area contributed by atoms with Crippen LogP contribution in [-0.4, -0.2) is 30.8 Å². The second kappa shape index (κ2) is 7.12. The van der Waals surface area contributed by atoms with E-state index in [-0.39, 0.29) is 6.73 Å². The Bertz CT molecular complexity index is 161. The first-order valence-corrected chi connectivity index (χ1v) is 4.29. The van der Waals surface area contributed by atoms with Crippen LogP contribution in [0.5, 0.6) is 0 Å². The summed E-state index contributed by atoms with van der Waals surface area (Å²) in [7, 11) is 0. The first-order valence-electron chi connectivity index (χ1n) is 3.66. The maximum atomic E-state index is 10.6. The normalized spacial score (nSPS) is 9.50. The number of nitrogens with one attached hydrogen (secondary N) is 1. The Labute approximate surface area is 77.1 Å². The second-order valence-electron chi connectivity index (χ2n) is 2.19. The molecule has 0 saturated heterocycles. The SMILES string of the molecule is CC(=O)C(=O)NCOCCCS. The smallest absolute Gasteiger partial charge is 0.288 e. The van der Waals surface area contributed by atoms with Crippen LogP contribution in [0.15, 0.2) is 0 Å². The lowest BCUT2D eigenvalue weighted by Gasteiger charge is -2.03. The zero-order valence-corrected chi connectivity index (χ0v) is 7.89. The van der Waals surface area contributed by atoms with Crippen LogP contribution in [0.25, 0.3) is 0 Å². The van der Waals surface area contributed by atoms with Crippen LogP contribution < -0.4 is 5.32 Å². The highest BCUT2D eigenvalue weighted by Gasteiger charge is 2.04. The molecule has 12 heavy (non-hydrogen) atoms. The lowest BCUT2D eigenvalue weighted by atomic mass is 10.4. The number of ketones is 1. The number of hydrogen-bond donors (Lipinski definition) is 2. The monoisotopic (exact) mass is 191 g/mol. The van der Waals surface area contributed by atoms with E-state index in [1.165, 1.54) is 6.92 Å². The lowest BCUT2D eigenvalue weighted by molar-refractivity contribution is -0.137. The molecule has 1 N–H and O–H groups in total. The van der Waals surface area contributed by atoms with Gasteiger partial charge in [-0.05, 0) is 12.2 Å². The Morgan fingerprint density at radius 2 is 2.17 bits per heavy atom. The second-order valence-corrected chi connectivity index (χ2v) is 2.64. The molecule has 0 atom stereocenters. The van der Waals surface area contributed by atoms with Crippen molar-refractivity contribution in [2.45, 2.75) is 13.3 Å². The maximum absolute atomic E-state index is 10.6. The summed E-state index contributed by atoms with van der Waals surface area (Å²) in [6, 6.07) is 0. The minimum Gasteiger partial charge on any atom is -0.361 e. The number of rotatable bonds is 6. The van der Waals surface area contributed by atoms with Gasteiger partial charge in [-0.2, -0.15) is 12.6 Å². The van der Waals surface area contributed by atoms with Crippen LogP contribution in [-0.2, 0) is 14.3 Å². The number of hydrogen-bond acceptors (Lipinski definition) is 4. The Hall–Kier alpha value is -0.550. The fraction of sp³-hybridized carbons (Fsp3) is 0.714. The summed E-state index contributed by atoms with van der Waals surface area (Å²) in [4.78, 5) is 21.0. The zero-order valence-electron chi connectivity index (χ0n) is 7.00. The van der Waals surface area contributed by atoms with Crippen molar-refractivity contribution in [2.24, 2.45) is 0 Å². The molecule has 0 aromatic rings. The average Bonchev–Trinajstić information content (AvgIpc) is 2.03. The molecule has 5 heteroatoms. The van der Waals surface area contributed by atoms with Gasteiger partial charge in [0, 0.05) is 13.5 Å². The molecule has 0 aliphatic heterocycles. The predicted molar refractivity (Wildman–Crippen MR) is 48.1 cm³/mol. The molecule has 0 radical (unpaired) electrons. The molecule has 70 valence electrons. The molecule has 0 rings (SSSR count). The van der Waals surface area contributed by atoms with Crippen LogP contribution in [0.4, 0.5) is 0 Å². The molecule has 0 aromatic heterocycles. The van der Waals surface area contributed by atoms with E-state index in [9.17, 15) is 9.59 Å². The summed E-state index contributed by atoms with van der Waals surface area (Å²) in [6.45, 7) is 1.84. The van der Waals surface area contributed by atoms with Crippen LogP contribution in [0.1, 0.15) is 13.3 Å². The molecule has 0 aliphatic rings. The van der Waals surface area contributed by atoms with Gasteiger partial charge in [0.1, 0.15) is 6.73 Å². The summed E-state index contributed by atoms with van der Waals surface area (Å²) in [5.41, 5.74) is 0. The van der Waals surface area contributed by atoms with Crippen molar-refractivity contribution < 1.29 is 14.3 Å². The quantitative estimate of drug-likeness (QED) is 0.268. The first kappa shape index (κ1) is 11.4. The van der Waals surface area contributed by atoms with Crippen molar-refractivity contribution in [3.63, 3.8) is 0 Å². The summed E-state index contributed by atoms with van der Waals surface area (Å²) < 4.78 is 4.96. The largest absolute Gasteiger partial charge is 0.361 e. The van der Waals surface area contributed by atoms with E-state index in [4.69, 9.17) is 4.74 Å². The van der Waals surface area contributed by atoms with Crippen molar-refractivity contribution in [3.05, 3.63) is 0 Å². The van der Waals surface area contributed by atoms with Gasteiger partial charge < -0.3 is 10.1 Å². The molecule has 1 amide bonds. The van der Waals surface area contributed by atoms with Crippen molar-refractivity contribution in [2.75, 3.05) is 19.1 Å². The number of ether oxygens (including phenoxy) is 1. The summed E-state index contributed by atoms with van der Waals surface area (Å²) in [5.74, 6) is -0.366. The molecule has 0 fully saturated rings. The number of amides is 1. The minimum absolute atomic E-state index is 0.0895. The summed E-state index contributed by atoms with van der Waals surface area (Å²) >= 11 is 3.97. The van der Waals surface area contributed by atoms with E-state index < -0.39 is 11.7 Å². The van der Waals surface area contributed by atoms with E-state index in [1.807, 2.05) is 0 Å². The van der Waals surface area contributed by atoms with Crippen molar-refractivity contribution in [1.82, 2.24) is 5.32 Å². The Morgan fingerprint density at radius 3 is 2.67 bits per heavy atom. The van der Waals surface area contributed by atoms with E-state index >= 15 is 0 Å². The molecule has 0 aliphatic carbocycles. The van der Waals surface area contributed by atoms with Gasteiger partial charge in [0.2, 0.25) is 5.78 Å². The van der Waals surface area contributed by atoms with Gasteiger partial charge in [-0.3, -0.25) is 9.59 Å². The standard InChI is InChI=1S/C7H13NO3S/c1-6(9)7(10)8-5-11-3-2-4-12/h12H,2-5H2,1H3,(H,8,10). The third-order valence-electron chi connectivity index (χ3n) is 1.10. The predicted octanol–water partition coefficient (Wildman–Crippen LogP) is -0.0144. The number of Topliss-reactive ketones (excluding diaryl/α,β-unsaturated/α-hetero) is 1. The van der Waals surface area contributed by atoms with Crippen molar-refractivity contribution >= 4 is 24.3 Å². The fourth-order valence-corrected chi connectivity index (χ4v) is 0.609. The Morgan fingerprint density at radius 1 is 1.50 bits per heavy atom. The molecule has 0 aromatic carbocycles. The van der Waals surface area contributed by atoms with E-state index in [0.29, 0.717) is 6.61 Å². The van der Waals surface area contributed by atoms with Crippen LogP contribution >= 0.6 is 12.6 Å². The molecule has 0 unspecified atom stereocenters. The van der Waals surface area contributed by atoms with Crippen LogP contribution in [0.2, 0.25) is 0 Å². The van der Waals surface area contributed by atoms with Crippen LogP contribution in [0.3, 0.4) is 0 Å². The third kappa shape index (κ3) is 6.18. The van der Waals surface area contributed by atoms with Gasteiger partial charge in [-0.1, -0.05) is 0 Å². The average molecular weight is 191 g/mol. The molecule has 0 saturated carbocycles. The highest BCUT2D eigenvalue weighted by atomic mass is 32.1. The van der Waals surface area contributed by atoms with E-state index in [1.54, 1.807) is 0 Å². The van der Waals surface area contributed by atoms with Crippen molar-refractivity contribution in [3.8, 4) is 0 Å². The molecular weight excluding hydrogens is 178 g/mol. The summed E-state index contributed by atoms with van der Waals surface area (Å²) in [5, 5.41) is 2.31. The summed E-state index contributed by atoms with van der Waals surface area (Å²) in [6.07, 6.45) is 0.832. The highest BCUT2D eigenvalue weighted by Crippen LogP contribution is 1.83. The van der Waals surface area contributed by atoms with Crippen molar-refractivity contribution in [1.29, 1.82) is 0 Å². The van der Waals surface area contributed by atoms with E-state index in [2.05, 4.69) is 17.9 Å². The molecule has 0 heterocycles. The molecule has 0 spiro atoms. The molecule has 0 bridgehead atoms. The van der Waals surface area contributed by atoms with Gasteiger partial charge in [-0.15, -0.1) is 0 Å². The Balaban J connectivity index is 3.20.